The second-order valence-corrected chi connectivity index (χ2v) is 4.54. The lowest BCUT2D eigenvalue weighted by Gasteiger charge is -2.13. The molecular formula is C11H10BrF3O. The van der Waals surface area contributed by atoms with Crippen LogP contribution in [0.15, 0.2) is 24.3 Å². The van der Waals surface area contributed by atoms with Gasteiger partial charge in [0, 0.05) is 0 Å². The summed E-state index contributed by atoms with van der Waals surface area (Å²) < 4.78 is 37.8. The van der Waals surface area contributed by atoms with Crippen molar-refractivity contribution in [2.24, 2.45) is 0 Å². The monoisotopic (exact) mass is 294 g/mol. The zero-order valence-electron chi connectivity index (χ0n) is 8.51. The predicted octanol–water partition coefficient (Wildman–Crippen LogP) is 3.60. The van der Waals surface area contributed by atoms with E-state index in [-0.39, 0.29) is 17.8 Å². The number of rotatable bonds is 3. The standard InChI is InChI=1S/C11H10BrF3O/c1-7(16)10(12)6-8-4-2-3-5-9(8)11(13,14)15/h2-5,10H,6H2,1H3. The Bertz CT molecular complexity index is 387. The topological polar surface area (TPSA) is 17.1 Å². The Morgan fingerprint density at radius 3 is 2.44 bits per heavy atom. The van der Waals surface area contributed by atoms with Gasteiger partial charge in [0.15, 0.2) is 0 Å². The van der Waals surface area contributed by atoms with Crippen LogP contribution < -0.4 is 0 Å². The van der Waals surface area contributed by atoms with E-state index >= 15 is 0 Å². The molecule has 88 valence electrons. The van der Waals surface area contributed by atoms with Crippen molar-refractivity contribution < 1.29 is 18.0 Å². The molecule has 1 unspecified atom stereocenters. The molecule has 0 aliphatic heterocycles. The Morgan fingerprint density at radius 2 is 1.94 bits per heavy atom. The molecule has 5 heteroatoms. The van der Waals surface area contributed by atoms with Gasteiger partial charge in [0.25, 0.3) is 0 Å². The van der Waals surface area contributed by atoms with Gasteiger partial charge in [-0.15, -0.1) is 0 Å². The maximum Gasteiger partial charge on any atom is 0.416 e. The maximum atomic E-state index is 12.6. The predicted molar refractivity (Wildman–Crippen MR) is 58.5 cm³/mol. The molecule has 0 spiro atoms. The van der Waals surface area contributed by atoms with Crippen LogP contribution in [0.5, 0.6) is 0 Å². The number of Topliss-reactive ketones (excluding diaryl/α,β-unsaturated/α-hetero) is 1. The quantitative estimate of drug-likeness (QED) is 0.779. The average molecular weight is 295 g/mol. The molecule has 0 amide bonds. The first-order valence-corrected chi connectivity index (χ1v) is 5.53. The van der Waals surface area contributed by atoms with Crippen LogP contribution in [0.2, 0.25) is 0 Å². The van der Waals surface area contributed by atoms with Crippen molar-refractivity contribution >= 4 is 21.7 Å². The van der Waals surface area contributed by atoms with Crippen LogP contribution in [-0.4, -0.2) is 10.6 Å². The number of halogens is 4. The number of alkyl halides is 4. The normalized spacial score (nSPS) is 13.6. The lowest BCUT2D eigenvalue weighted by molar-refractivity contribution is -0.138. The molecular weight excluding hydrogens is 285 g/mol. The first kappa shape index (κ1) is 13.2. The number of hydrogen-bond donors (Lipinski definition) is 0. The summed E-state index contributed by atoms with van der Waals surface area (Å²) in [6, 6.07) is 5.28. The molecule has 1 aromatic carbocycles. The Hall–Kier alpha value is -0.840. The minimum absolute atomic E-state index is 0.0466. The minimum Gasteiger partial charge on any atom is -0.299 e. The van der Waals surface area contributed by atoms with Crippen molar-refractivity contribution in [1.82, 2.24) is 0 Å². The molecule has 0 radical (unpaired) electrons. The lowest BCUT2D eigenvalue weighted by atomic mass is 10.0. The highest BCUT2D eigenvalue weighted by molar-refractivity contribution is 9.10. The van der Waals surface area contributed by atoms with Crippen molar-refractivity contribution in [3.8, 4) is 0 Å². The molecule has 0 aliphatic rings. The molecule has 0 aliphatic carbocycles. The van der Waals surface area contributed by atoms with E-state index in [0.717, 1.165) is 6.07 Å². The number of hydrogen-bond acceptors (Lipinski definition) is 1. The van der Waals surface area contributed by atoms with Gasteiger partial charge in [-0.25, -0.2) is 0 Å². The van der Waals surface area contributed by atoms with Gasteiger partial charge in [0.1, 0.15) is 5.78 Å². The van der Waals surface area contributed by atoms with Gasteiger partial charge in [-0.05, 0) is 25.0 Å². The first-order chi connectivity index (χ1) is 7.32. The molecule has 0 aromatic heterocycles. The van der Waals surface area contributed by atoms with E-state index < -0.39 is 16.6 Å². The molecule has 0 N–H and O–H groups in total. The van der Waals surface area contributed by atoms with Crippen LogP contribution in [0.1, 0.15) is 18.1 Å². The minimum atomic E-state index is -4.37. The van der Waals surface area contributed by atoms with E-state index in [4.69, 9.17) is 0 Å². The molecule has 1 aromatic rings. The van der Waals surface area contributed by atoms with Crippen molar-refractivity contribution in [3.05, 3.63) is 35.4 Å². The molecule has 1 nitrogen and oxygen atoms in total. The zero-order valence-corrected chi connectivity index (χ0v) is 10.1. The van der Waals surface area contributed by atoms with E-state index in [2.05, 4.69) is 15.9 Å². The second kappa shape index (κ2) is 4.99. The van der Waals surface area contributed by atoms with Crippen molar-refractivity contribution in [2.45, 2.75) is 24.3 Å². The number of carbonyl (C=O) groups excluding carboxylic acids is 1. The Balaban J connectivity index is 3.01. The van der Waals surface area contributed by atoms with Gasteiger partial charge in [-0.1, -0.05) is 34.1 Å². The fraction of sp³-hybridized carbons (Fsp3) is 0.364. The second-order valence-electron chi connectivity index (χ2n) is 3.44. The molecule has 1 rings (SSSR count). The van der Waals surface area contributed by atoms with E-state index in [9.17, 15) is 18.0 Å². The first-order valence-electron chi connectivity index (χ1n) is 4.62. The van der Waals surface area contributed by atoms with Gasteiger partial charge in [0.05, 0.1) is 10.4 Å². The molecule has 16 heavy (non-hydrogen) atoms. The average Bonchev–Trinajstić information content (AvgIpc) is 2.16. The van der Waals surface area contributed by atoms with Crippen LogP contribution in [0, 0.1) is 0 Å². The van der Waals surface area contributed by atoms with Gasteiger partial charge >= 0.3 is 6.18 Å². The number of benzene rings is 1. The summed E-state index contributed by atoms with van der Waals surface area (Å²) in [5.41, 5.74) is -0.548. The van der Waals surface area contributed by atoms with E-state index in [0.29, 0.717) is 0 Å². The van der Waals surface area contributed by atoms with Gasteiger partial charge in [0.2, 0.25) is 0 Å². The molecule has 1 atom stereocenters. The highest BCUT2D eigenvalue weighted by Gasteiger charge is 2.33. The molecule has 0 saturated heterocycles. The van der Waals surface area contributed by atoms with Crippen LogP contribution in [0.3, 0.4) is 0 Å². The van der Waals surface area contributed by atoms with Crippen molar-refractivity contribution in [3.63, 3.8) is 0 Å². The third-order valence-electron chi connectivity index (χ3n) is 2.16. The number of carbonyl (C=O) groups is 1. The summed E-state index contributed by atoms with van der Waals surface area (Å²) in [5.74, 6) is -0.183. The van der Waals surface area contributed by atoms with Crippen LogP contribution in [0.4, 0.5) is 13.2 Å². The van der Waals surface area contributed by atoms with Gasteiger partial charge < -0.3 is 0 Å². The highest BCUT2D eigenvalue weighted by Crippen LogP contribution is 2.32. The highest BCUT2D eigenvalue weighted by atomic mass is 79.9. The summed E-state index contributed by atoms with van der Waals surface area (Å²) in [7, 11) is 0. The third-order valence-corrected chi connectivity index (χ3v) is 3.13. The number of ketones is 1. The summed E-state index contributed by atoms with van der Waals surface area (Å²) in [6.45, 7) is 1.34. The summed E-state index contributed by atoms with van der Waals surface area (Å²) in [4.78, 5) is 10.4. The van der Waals surface area contributed by atoms with Crippen LogP contribution in [0.25, 0.3) is 0 Å². The SMILES string of the molecule is CC(=O)C(Br)Cc1ccccc1C(F)(F)F. The van der Waals surface area contributed by atoms with Crippen molar-refractivity contribution in [2.75, 3.05) is 0 Å². The molecule has 0 heterocycles. The van der Waals surface area contributed by atoms with Gasteiger partial charge in [-0.2, -0.15) is 13.2 Å². The summed E-state index contributed by atoms with van der Waals surface area (Å²) in [5, 5.41) is 0. The van der Waals surface area contributed by atoms with Crippen LogP contribution in [-0.2, 0) is 17.4 Å². The molecule has 0 saturated carbocycles. The lowest BCUT2D eigenvalue weighted by Crippen LogP contribution is -2.16. The smallest absolute Gasteiger partial charge is 0.299 e. The Labute approximate surface area is 99.8 Å². The van der Waals surface area contributed by atoms with E-state index in [1.165, 1.54) is 25.1 Å². The van der Waals surface area contributed by atoms with E-state index in [1.54, 1.807) is 0 Å². The van der Waals surface area contributed by atoms with Crippen molar-refractivity contribution in [1.29, 1.82) is 0 Å². The Morgan fingerprint density at radius 1 is 1.38 bits per heavy atom. The maximum absolute atomic E-state index is 12.6. The Kier molecular flexibility index (Phi) is 4.13. The fourth-order valence-corrected chi connectivity index (χ4v) is 1.66. The van der Waals surface area contributed by atoms with Gasteiger partial charge in [-0.3, -0.25) is 4.79 Å². The third kappa shape index (κ3) is 3.33. The van der Waals surface area contributed by atoms with Crippen LogP contribution >= 0.6 is 15.9 Å². The summed E-state index contributed by atoms with van der Waals surface area (Å²) in [6.07, 6.45) is -4.33. The van der Waals surface area contributed by atoms with E-state index in [1.807, 2.05) is 0 Å². The molecule has 0 fully saturated rings. The largest absolute Gasteiger partial charge is 0.416 e. The fourth-order valence-electron chi connectivity index (χ4n) is 1.31. The molecule has 0 bridgehead atoms. The summed E-state index contributed by atoms with van der Waals surface area (Å²) >= 11 is 3.06. The zero-order chi connectivity index (χ0) is 12.3.